The number of aliphatic hydroxyl groups is 2. The highest BCUT2D eigenvalue weighted by molar-refractivity contribution is 5.96. The number of piperazine rings is 1. The van der Waals surface area contributed by atoms with Crippen molar-refractivity contribution in [1.29, 1.82) is 0 Å². The maximum Gasteiger partial charge on any atom is 0.241 e. The molecule has 5 fully saturated rings. The third-order valence-electron chi connectivity index (χ3n) is 10.6. The number of rotatable bonds is 9. The number of aliphatic hydroxyl groups excluding tert-OH is 1. The number of nitrogens with zero attached hydrogens (tertiary/aromatic N) is 2. The van der Waals surface area contributed by atoms with Crippen LogP contribution in [0, 0.1) is 42.3 Å². The number of anilines is 1. The largest absolute Gasteiger partial charge is 0.391 e. The molecule has 3 unspecified atom stereocenters. The molecule has 1 aromatic rings. The summed E-state index contributed by atoms with van der Waals surface area (Å²) in [6.45, 7) is 10.7. The molecule has 8 nitrogen and oxygen atoms in total. The van der Waals surface area contributed by atoms with Crippen LogP contribution in [0.15, 0.2) is 18.2 Å². The minimum Gasteiger partial charge on any atom is -0.391 e. The number of benzene rings is 1. The molecule has 0 aromatic heterocycles. The highest BCUT2D eigenvalue weighted by Gasteiger charge is 2.55. The first kappa shape index (κ1) is 30.4. The smallest absolute Gasteiger partial charge is 0.241 e. The van der Waals surface area contributed by atoms with Gasteiger partial charge in [-0.1, -0.05) is 19.9 Å². The standard InChI is InChI=1S/C32H49FN4O4/c1-18(2)24(30(40)35-29-21-8-20-9-22(29)14-32(41,12-20)13-21)11-27(38)25(34)15-36-16-28(39)37(17-31(36,4)5)26-10-23(33)7-6-19(26)3/h6-7,10,18,20-22,24-25,27,29,38,41H,8-9,11-17,34H2,1-5H3,(H,35,40)/t20?,21-,22+,24-,25-,27-,29?,32?/m0/s1. The van der Waals surface area contributed by atoms with Gasteiger partial charge in [-0.05, 0) is 101 Å². The van der Waals surface area contributed by atoms with Crippen LogP contribution in [0.1, 0.15) is 71.8 Å². The zero-order chi connectivity index (χ0) is 29.9. The van der Waals surface area contributed by atoms with Crippen molar-refractivity contribution in [1.82, 2.24) is 10.2 Å². The molecule has 1 aromatic carbocycles. The Morgan fingerprint density at radius 3 is 2.46 bits per heavy atom. The van der Waals surface area contributed by atoms with Crippen molar-refractivity contribution in [3.8, 4) is 0 Å². The molecule has 4 aliphatic carbocycles. The lowest BCUT2D eigenvalue weighted by atomic mass is 9.52. The Morgan fingerprint density at radius 1 is 1.20 bits per heavy atom. The van der Waals surface area contributed by atoms with Gasteiger partial charge in [0.15, 0.2) is 0 Å². The van der Waals surface area contributed by atoms with Gasteiger partial charge < -0.3 is 26.2 Å². The fraction of sp³-hybridized carbons (Fsp3) is 0.750. The maximum atomic E-state index is 14.0. The second-order valence-electron chi connectivity index (χ2n) is 14.6. The zero-order valence-electron chi connectivity index (χ0n) is 25.3. The first-order valence-corrected chi connectivity index (χ1v) is 15.4. The van der Waals surface area contributed by atoms with Crippen molar-refractivity contribution in [2.24, 2.45) is 35.3 Å². The monoisotopic (exact) mass is 572 g/mol. The van der Waals surface area contributed by atoms with Crippen LogP contribution in [0.5, 0.6) is 0 Å². The van der Waals surface area contributed by atoms with E-state index in [2.05, 4.69) is 5.32 Å². The normalized spacial score (nSPS) is 33.2. The summed E-state index contributed by atoms with van der Waals surface area (Å²) < 4.78 is 14.0. The molecule has 1 heterocycles. The molecule has 228 valence electrons. The summed E-state index contributed by atoms with van der Waals surface area (Å²) in [5, 5.41) is 25.4. The third-order valence-corrected chi connectivity index (χ3v) is 10.6. The van der Waals surface area contributed by atoms with Crippen LogP contribution in [-0.2, 0) is 9.59 Å². The molecule has 1 saturated heterocycles. The number of carbonyl (C=O) groups excluding carboxylic acids is 2. The van der Waals surface area contributed by atoms with E-state index in [9.17, 15) is 24.2 Å². The quantitative estimate of drug-likeness (QED) is 0.361. The molecule has 1 aliphatic heterocycles. The lowest BCUT2D eigenvalue weighted by molar-refractivity contribution is -0.149. The number of hydrogen-bond acceptors (Lipinski definition) is 6. The van der Waals surface area contributed by atoms with Crippen LogP contribution in [-0.4, -0.2) is 75.9 Å². The minimum absolute atomic E-state index is 0.0222. The van der Waals surface area contributed by atoms with Gasteiger partial charge in [-0.25, -0.2) is 4.39 Å². The summed E-state index contributed by atoms with van der Waals surface area (Å²) in [5.41, 5.74) is 6.93. The summed E-state index contributed by atoms with van der Waals surface area (Å²) in [4.78, 5) is 30.4. The highest BCUT2D eigenvalue weighted by Crippen LogP contribution is 2.55. The Bertz CT molecular complexity index is 1140. The Morgan fingerprint density at radius 2 is 1.85 bits per heavy atom. The van der Waals surface area contributed by atoms with E-state index in [1.165, 1.54) is 12.1 Å². The second kappa shape index (κ2) is 11.2. The van der Waals surface area contributed by atoms with Gasteiger partial charge >= 0.3 is 0 Å². The van der Waals surface area contributed by atoms with Gasteiger partial charge in [0.25, 0.3) is 0 Å². The lowest BCUT2D eigenvalue weighted by Crippen LogP contribution is -2.64. The fourth-order valence-corrected chi connectivity index (χ4v) is 8.42. The lowest BCUT2D eigenvalue weighted by Gasteiger charge is -2.58. The average Bonchev–Trinajstić information content (AvgIpc) is 2.86. The molecule has 0 radical (unpaired) electrons. The molecule has 4 saturated carbocycles. The van der Waals surface area contributed by atoms with Gasteiger partial charge in [0.2, 0.25) is 11.8 Å². The average molecular weight is 573 g/mol. The van der Waals surface area contributed by atoms with Crippen molar-refractivity contribution < 1.29 is 24.2 Å². The number of halogens is 1. The zero-order valence-corrected chi connectivity index (χ0v) is 25.3. The molecular formula is C32H49FN4O4. The minimum atomic E-state index is -0.915. The predicted octanol–water partition coefficient (Wildman–Crippen LogP) is 2.97. The summed E-state index contributed by atoms with van der Waals surface area (Å²) in [7, 11) is 0. The number of amides is 2. The summed E-state index contributed by atoms with van der Waals surface area (Å²) >= 11 is 0. The van der Waals surface area contributed by atoms with E-state index < -0.39 is 29.2 Å². The van der Waals surface area contributed by atoms with E-state index in [1.807, 2.05) is 39.5 Å². The van der Waals surface area contributed by atoms with Crippen LogP contribution in [0.25, 0.3) is 0 Å². The van der Waals surface area contributed by atoms with Crippen molar-refractivity contribution in [2.75, 3.05) is 24.5 Å². The van der Waals surface area contributed by atoms with Crippen LogP contribution in [0.4, 0.5) is 10.1 Å². The van der Waals surface area contributed by atoms with Gasteiger partial charge in [-0.2, -0.15) is 0 Å². The van der Waals surface area contributed by atoms with Crippen LogP contribution < -0.4 is 16.0 Å². The molecule has 41 heavy (non-hydrogen) atoms. The number of aryl methyl sites for hydroxylation is 1. The van der Waals surface area contributed by atoms with E-state index in [1.54, 1.807) is 11.0 Å². The SMILES string of the molecule is Cc1ccc(F)cc1N1CC(C)(C)N(C[C@H](N)[C@@H](O)C[C@H](C(=O)NC2[C@@H]3CC4C[C@H]2CC(O)(C4)C3)C(C)C)CC1=O. The van der Waals surface area contributed by atoms with Crippen molar-refractivity contribution in [2.45, 2.75) is 102 Å². The highest BCUT2D eigenvalue weighted by atomic mass is 19.1. The summed E-state index contributed by atoms with van der Waals surface area (Å²) in [5.74, 6) is 0.294. The Labute approximate surface area is 243 Å². The first-order valence-electron chi connectivity index (χ1n) is 15.4. The number of hydrogen-bond donors (Lipinski definition) is 4. The van der Waals surface area contributed by atoms with E-state index in [4.69, 9.17) is 5.73 Å². The topological polar surface area (TPSA) is 119 Å². The Hall–Kier alpha value is -2.07. The van der Waals surface area contributed by atoms with Crippen molar-refractivity contribution in [3.63, 3.8) is 0 Å². The van der Waals surface area contributed by atoms with Gasteiger partial charge in [0, 0.05) is 42.3 Å². The third kappa shape index (κ3) is 6.19. The molecule has 9 heteroatoms. The van der Waals surface area contributed by atoms with Crippen LogP contribution in [0.3, 0.4) is 0 Å². The van der Waals surface area contributed by atoms with Gasteiger partial charge in [-0.15, -0.1) is 0 Å². The van der Waals surface area contributed by atoms with E-state index in [0.29, 0.717) is 36.5 Å². The Kier molecular flexibility index (Phi) is 8.31. The van der Waals surface area contributed by atoms with Crippen molar-refractivity contribution in [3.05, 3.63) is 29.6 Å². The van der Waals surface area contributed by atoms with Gasteiger partial charge in [0.05, 0.1) is 18.2 Å². The molecule has 6 rings (SSSR count). The fourth-order valence-electron chi connectivity index (χ4n) is 8.42. The van der Waals surface area contributed by atoms with E-state index in [-0.39, 0.29) is 42.6 Å². The Balaban J connectivity index is 1.19. The molecule has 8 atom stereocenters. The summed E-state index contributed by atoms with van der Waals surface area (Å²) in [6.07, 6.45) is 3.92. The number of carbonyl (C=O) groups is 2. The molecule has 2 amide bonds. The first-order chi connectivity index (χ1) is 19.2. The van der Waals surface area contributed by atoms with Gasteiger partial charge in [-0.3, -0.25) is 14.5 Å². The van der Waals surface area contributed by atoms with Crippen LogP contribution in [0.2, 0.25) is 0 Å². The predicted molar refractivity (Wildman–Crippen MR) is 157 cm³/mol. The maximum absolute atomic E-state index is 14.0. The molecule has 0 spiro atoms. The number of nitrogens with one attached hydrogen (secondary N) is 1. The van der Waals surface area contributed by atoms with Gasteiger partial charge in [0.1, 0.15) is 5.82 Å². The summed E-state index contributed by atoms with van der Waals surface area (Å²) in [6, 6.07) is 3.92. The second-order valence-corrected chi connectivity index (χ2v) is 14.6. The molecule has 4 bridgehead atoms. The van der Waals surface area contributed by atoms with Crippen LogP contribution >= 0.6 is 0 Å². The van der Waals surface area contributed by atoms with E-state index >= 15 is 0 Å². The molecular weight excluding hydrogens is 523 g/mol. The number of nitrogens with two attached hydrogens (primary N) is 1. The van der Waals surface area contributed by atoms with Crippen molar-refractivity contribution >= 4 is 17.5 Å². The van der Waals surface area contributed by atoms with E-state index in [0.717, 1.165) is 37.7 Å². The molecule has 5 aliphatic rings. The molecule has 5 N–H and O–H groups in total.